The summed E-state index contributed by atoms with van der Waals surface area (Å²) < 4.78 is 122. The molecule has 0 bridgehead atoms. The molecule has 0 aliphatic carbocycles. The molecule has 104 heavy (non-hydrogen) atoms. The summed E-state index contributed by atoms with van der Waals surface area (Å²) in [6.45, 7) is 20.4. The molecule has 4 N–H and O–H groups in total. The van der Waals surface area contributed by atoms with Gasteiger partial charge in [-0.15, -0.1) is 17.4 Å². The molecule has 7 rings (SSSR count). The maximum absolute atomic E-state index is 15.7. The fourth-order valence-corrected chi connectivity index (χ4v) is 15.4. The van der Waals surface area contributed by atoms with E-state index < -0.39 is 136 Å². The summed E-state index contributed by atoms with van der Waals surface area (Å²) in [5.41, 5.74) is 7.05. The van der Waals surface area contributed by atoms with Crippen LogP contribution in [-0.4, -0.2) is 190 Å². The fraction of sp³-hybridized carbons (Fsp3) is 0.443. The molecular formula is C70H93ClF6I2N13O12+. The third kappa shape index (κ3) is 26.8. The van der Waals surface area contributed by atoms with E-state index in [4.69, 9.17) is 39.9 Å². The summed E-state index contributed by atoms with van der Waals surface area (Å²) in [5, 5.41) is 0. The second-order valence-corrected chi connectivity index (χ2v) is 35.4. The Balaban J connectivity index is 0.000000368. The number of carbonyl (C=O) groups excluding carboxylic acids is 6. The zero-order valence-electron chi connectivity index (χ0n) is 61.9. The van der Waals surface area contributed by atoms with Crippen molar-refractivity contribution >= 4 is 86.5 Å². The summed E-state index contributed by atoms with van der Waals surface area (Å²) in [4.78, 5) is 102. The summed E-state index contributed by atoms with van der Waals surface area (Å²) in [6, 6.07) is 20.6. The third-order valence-corrected chi connectivity index (χ3v) is 21.9. The predicted molar refractivity (Wildman–Crippen MR) is 387 cm³/mol. The predicted octanol–water partition coefficient (Wildman–Crippen LogP) is 10.2. The average molecular weight is 1710 g/mol. The number of nitrogens with zero attached hydrogens (tertiary/aromatic N) is 11. The summed E-state index contributed by atoms with van der Waals surface area (Å²) in [5.74, 6) is -3.45. The Kier molecular flexibility index (Phi) is 31.4. The number of halogens is 9. The number of guanidine groups is 3. The topological polar surface area (TPSA) is 273 Å². The number of hydrogen-bond donors (Lipinski definition) is 2. The van der Waals surface area contributed by atoms with E-state index in [-0.39, 0.29) is 99.4 Å². The molecule has 0 atom stereocenters. The van der Waals surface area contributed by atoms with Gasteiger partial charge in [0.1, 0.15) is 28.6 Å². The molecule has 0 radical (unpaired) electrons. The molecule has 2 saturated heterocycles. The first kappa shape index (κ1) is 87.7. The van der Waals surface area contributed by atoms with Crippen LogP contribution in [-0.2, 0) is 38.6 Å². The minimum Gasteiger partial charge on any atom is -0.497 e. The van der Waals surface area contributed by atoms with Crippen molar-refractivity contribution in [1.29, 1.82) is 0 Å². The van der Waals surface area contributed by atoms with E-state index in [0.29, 0.717) is 17.1 Å². The van der Waals surface area contributed by atoms with Gasteiger partial charge >= 0.3 is 311 Å². The van der Waals surface area contributed by atoms with Gasteiger partial charge in [0.25, 0.3) is 3.57 Å². The molecule has 0 saturated carbocycles. The second kappa shape index (κ2) is 37.3. The van der Waals surface area contributed by atoms with Crippen molar-refractivity contribution in [3.8, 4) is 11.5 Å². The molecule has 2 aliphatic rings. The first-order valence-corrected chi connectivity index (χ1v) is 38.2. The molecular weight excluding hydrogens is 1620 g/mol. The standard InChI is InChI=1S/C31H42F2IN5O6.C30H39F2IN5O6.C9H11F2N3.ClH/c1-30(2,3)44-27(40)35-26(38-18-36(8)28(41)37(9)19-38)39(29(42)45-31(4,5)6)17-20-15-23(32)25(24(33)16-20)34(7)21-11-13-22(43-10)14-12-21;1-29(2,3)43-26(39)34-25(37-17-35(7)27(40)36(8)18-37)38(28(41)44-30(4,5)6)16-19-14-22(31)24(23(32)15-19)33-20-10-12-21(42-9)13-11-20;1-5-7(10)2-6(3-8(5)11)4-14-9(12)13;/h11-16H,17-19H2,1-10H3;10-15H,16-18H2,1-9H3;2-3H,4H2,1H3,(H4,12,13,14);1H/q;+1;;. The second-order valence-electron chi connectivity index (χ2n) is 27.5. The number of methoxy groups -OCH3 is 2. The zero-order chi connectivity index (χ0) is 77.6. The Bertz CT molecular complexity index is 3870. The molecule has 0 unspecified atom stereocenters. The van der Waals surface area contributed by atoms with Crippen molar-refractivity contribution in [3.63, 3.8) is 0 Å². The van der Waals surface area contributed by atoms with Gasteiger partial charge in [0.15, 0.2) is 21.2 Å². The molecule has 25 nitrogen and oxygen atoms in total. The van der Waals surface area contributed by atoms with E-state index in [2.05, 4.69) is 15.0 Å². The van der Waals surface area contributed by atoms with Crippen molar-refractivity contribution < 1.29 is 105 Å². The number of urea groups is 2. The maximum Gasteiger partial charge on any atom is 0.437 e. The Labute approximate surface area is 626 Å². The van der Waals surface area contributed by atoms with Gasteiger partial charge in [0, 0.05) is 19.7 Å². The normalized spacial score (nSPS) is 13.8. The van der Waals surface area contributed by atoms with Gasteiger partial charge in [-0.25, -0.2) is 41.8 Å². The molecule has 2 fully saturated rings. The summed E-state index contributed by atoms with van der Waals surface area (Å²) >= 11 is -3.71. The number of hydrogen-bond acceptors (Lipinski definition) is 13. The maximum atomic E-state index is 15.7. The van der Waals surface area contributed by atoms with Crippen LogP contribution in [0.1, 0.15) is 105 Å². The van der Waals surface area contributed by atoms with Crippen LogP contribution < -0.4 is 42.1 Å². The van der Waals surface area contributed by atoms with Crippen molar-refractivity contribution in [1.82, 2.24) is 39.2 Å². The number of benzene rings is 5. The monoisotopic (exact) mass is 1710 g/mol. The van der Waals surface area contributed by atoms with Crippen LogP contribution in [0.4, 0.5) is 55.1 Å². The largest absolute Gasteiger partial charge is 0.497 e. The van der Waals surface area contributed by atoms with E-state index in [9.17, 15) is 37.5 Å². The number of alkyl halides is 1. The van der Waals surface area contributed by atoms with Gasteiger partial charge in [0.2, 0.25) is 5.96 Å². The van der Waals surface area contributed by atoms with Crippen LogP contribution >= 0.6 is 32.2 Å². The number of aliphatic imine (C=N–C) groups is 3. The SMILES string of the molecule is COc1ccc(I(C)c2c(F)cc(CN(C(=O)OC(C)(C)C)C(=NC(=O)OC(C)(C)C)N3CN(C)C(=O)N(C)C3)cc2F)cc1.COc1ccc([I+]c2c(F)cc(CN(C(=O)OC(C)(C)C)C(=NC(=O)OC(C)(C)C)N3CN(C)C(=O)N(C)C3)cc2F)cc1.Cc1c(F)cc(CN=C(N)N)cc1F.Cl. The van der Waals surface area contributed by atoms with Crippen LogP contribution in [0.2, 0.25) is 0 Å². The average Bonchev–Trinajstić information content (AvgIpc) is 0.775. The van der Waals surface area contributed by atoms with E-state index in [1.807, 2.05) is 4.93 Å². The molecule has 572 valence electrons. The van der Waals surface area contributed by atoms with Gasteiger partial charge in [0.05, 0.1) is 33.5 Å². The molecule has 0 aromatic heterocycles. The summed E-state index contributed by atoms with van der Waals surface area (Å²) in [7, 11) is 9.26. The van der Waals surface area contributed by atoms with Gasteiger partial charge in [-0.2, -0.15) is 0 Å². The molecule has 5 aromatic rings. The van der Waals surface area contributed by atoms with E-state index >= 15 is 17.6 Å². The Morgan fingerprint density at radius 2 is 0.846 bits per heavy atom. The van der Waals surface area contributed by atoms with E-state index in [1.54, 1.807) is 167 Å². The number of amides is 8. The number of ether oxygens (including phenoxy) is 6. The minimum absolute atomic E-state index is 0. The van der Waals surface area contributed by atoms with Crippen LogP contribution in [0, 0.1) is 56.1 Å². The Morgan fingerprint density at radius 3 is 1.17 bits per heavy atom. The molecule has 34 heteroatoms. The minimum atomic E-state index is -2.50. The van der Waals surface area contributed by atoms with E-state index in [0.717, 1.165) is 29.1 Å². The number of nitrogens with two attached hydrogens (primary N) is 2. The molecule has 2 heterocycles. The third-order valence-electron chi connectivity index (χ3n) is 13.8. The van der Waals surface area contributed by atoms with Crippen molar-refractivity contribution in [2.45, 2.75) is 132 Å². The van der Waals surface area contributed by atoms with Gasteiger partial charge in [-0.3, -0.25) is 0 Å². The number of carbonyl (C=O) groups is 6. The first-order chi connectivity index (χ1) is 47.7. The van der Waals surface area contributed by atoms with Crippen molar-refractivity contribution in [2.24, 2.45) is 26.4 Å². The van der Waals surface area contributed by atoms with Gasteiger partial charge < -0.3 is 40.4 Å². The Morgan fingerprint density at radius 1 is 0.519 bits per heavy atom. The van der Waals surface area contributed by atoms with Gasteiger partial charge in [-0.05, 0) is 108 Å². The van der Waals surface area contributed by atoms with Crippen LogP contribution in [0.3, 0.4) is 0 Å². The van der Waals surface area contributed by atoms with Crippen molar-refractivity contribution in [2.75, 3.05) is 74.0 Å². The molecule has 0 spiro atoms. The van der Waals surface area contributed by atoms with Gasteiger partial charge in [-0.1, -0.05) is 0 Å². The molecule has 2 aliphatic heterocycles. The number of rotatable bonds is 12. The molecule has 5 aromatic carbocycles. The first-order valence-electron chi connectivity index (χ1n) is 31.7. The zero-order valence-corrected chi connectivity index (χ0v) is 67.1. The van der Waals surface area contributed by atoms with E-state index in [1.165, 1.54) is 67.7 Å². The van der Waals surface area contributed by atoms with Crippen LogP contribution in [0.5, 0.6) is 11.5 Å². The van der Waals surface area contributed by atoms with Crippen LogP contribution in [0.15, 0.2) is 99.9 Å². The quantitative estimate of drug-likeness (QED) is 0.0223. The summed E-state index contributed by atoms with van der Waals surface area (Å²) in [6.07, 6.45) is -3.84. The van der Waals surface area contributed by atoms with Crippen molar-refractivity contribution in [3.05, 3.63) is 156 Å². The Hall–Kier alpha value is -8.74. The smallest absolute Gasteiger partial charge is 0.437 e. The van der Waals surface area contributed by atoms with Crippen LogP contribution in [0.25, 0.3) is 0 Å². The molecule has 8 amide bonds. The fourth-order valence-electron chi connectivity index (χ4n) is 9.30.